The lowest BCUT2D eigenvalue weighted by Crippen LogP contribution is -2.30. The van der Waals surface area contributed by atoms with Crippen LogP contribution in [0.1, 0.15) is 194 Å². The van der Waals surface area contributed by atoms with Gasteiger partial charge >= 0.3 is 17.9 Å². The Balaban J connectivity index is 4.49. The first-order valence-electron chi connectivity index (χ1n) is 23.2. The van der Waals surface area contributed by atoms with Crippen LogP contribution in [0.5, 0.6) is 0 Å². The lowest BCUT2D eigenvalue weighted by molar-refractivity contribution is -0.166. The zero-order valence-electron chi connectivity index (χ0n) is 37.3. The molecule has 6 heteroatoms. The Hall–Kier alpha value is -3.67. The van der Waals surface area contributed by atoms with Crippen LogP contribution in [-0.2, 0) is 28.6 Å². The number of rotatable bonds is 40. The molecule has 0 aromatic heterocycles. The van der Waals surface area contributed by atoms with E-state index in [0.29, 0.717) is 19.3 Å². The van der Waals surface area contributed by atoms with E-state index in [1.54, 1.807) is 0 Å². The summed E-state index contributed by atoms with van der Waals surface area (Å²) in [6, 6.07) is 0. The van der Waals surface area contributed by atoms with E-state index in [9.17, 15) is 14.4 Å². The predicted octanol–water partition coefficient (Wildman–Crippen LogP) is 15.0. The van der Waals surface area contributed by atoms with Crippen molar-refractivity contribution < 1.29 is 28.6 Å². The number of unbranched alkanes of at least 4 members (excludes halogenated alkanes) is 13. The fraction of sp³-hybridized carbons (Fsp3) is 0.635. The van der Waals surface area contributed by atoms with Crippen molar-refractivity contribution in [3.63, 3.8) is 0 Å². The van der Waals surface area contributed by atoms with Gasteiger partial charge in [-0.1, -0.05) is 189 Å². The number of esters is 3. The second-order valence-corrected chi connectivity index (χ2v) is 14.9. The molecule has 0 spiro atoms. The number of ether oxygens (including phenoxy) is 3. The summed E-state index contributed by atoms with van der Waals surface area (Å²) < 4.78 is 16.6. The van der Waals surface area contributed by atoms with Crippen LogP contribution < -0.4 is 0 Å². The van der Waals surface area contributed by atoms with E-state index in [-0.39, 0.29) is 37.5 Å². The van der Waals surface area contributed by atoms with Crippen molar-refractivity contribution in [3.8, 4) is 0 Å². The Kier molecular flexibility index (Phi) is 43.1. The van der Waals surface area contributed by atoms with Gasteiger partial charge in [0.2, 0.25) is 0 Å². The summed E-state index contributed by atoms with van der Waals surface area (Å²) in [5, 5.41) is 0. The largest absolute Gasteiger partial charge is 0.462 e. The molecule has 58 heavy (non-hydrogen) atoms. The van der Waals surface area contributed by atoms with E-state index in [1.807, 2.05) is 12.2 Å². The number of allylic oxidation sites excluding steroid dienone is 16. The third-order valence-corrected chi connectivity index (χ3v) is 9.35. The smallest absolute Gasteiger partial charge is 0.306 e. The Bertz CT molecular complexity index is 1200. The molecule has 0 heterocycles. The fourth-order valence-corrected chi connectivity index (χ4v) is 5.92. The average molecular weight is 805 g/mol. The van der Waals surface area contributed by atoms with E-state index < -0.39 is 6.10 Å². The zero-order chi connectivity index (χ0) is 42.3. The molecule has 0 saturated carbocycles. The standard InChI is InChI=1S/C52H84O6/c1-4-7-10-13-16-19-21-23-24-25-26-27-28-29-31-33-36-39-42-45-51(54)57-48-49(47-56-50(53)44-41-38-35-32-18-15-12-9-6-3)58-52(55)46-43-40-37-34-30-22-20-17-14-11-8-5-2/h7,9-10,12,16,18-19,23-24,26-27,29,31-32,36,39,49H,4-6,8,11,13-15,17,20-22,25,28,30,33-35,37-38,40-48H2,1-3H3/b10-7-,12-9-,19-16-,24-23-,27-26-,31-29-,32-18-,39-36-. The van der Waals surface area contributed by atoms with Gasteiger partial charge in [-0.05, 0) is 83.5 Å². The van der Waals surface area contributed by atoms with Crippen molar-refractivity contribution in [2.75, 3.05) is 13.2 Å². The van der Waals surface area contributed by atoms with Crippen LogP contribution in [0.25, 0.3) is 0 Å². The van der Waals surface area contributed by atoms with Gasteiger partial charge < -0.3 is 14.2 Å². The maximum absolute atomic E-state index is 12.7. The summed E-state index contributed by atoms with van der Waals surface area (Å²) in [5.74, 6) is -1.05. The van der Waals surface area contributed by atoms with Gasteiger partial charge in [0.05, 0.1) is 0 Å². The first kappa shape index (κ1) is 54.3. The summed E-state index contributed by atoms with van der Waals surface area (Å²) in [4.78, 5) is 37.7. The van der Waals surface area contributed by atoms with Gasteiger partial charge in [-0.2, -0.15) is 0 Å². The van der Waals surface area contributed by atoms with Gasteiger partial charge in [0.15, 0.2) is 6.10 Å². The Labute approximate surface area is 356 Å². The van der Waals surface area contributed by atoms with Crippen molar-refractivity contribution in [1.82, 2.24) is 0 Å². The molecule has 1 unspecified atom stereocenters. The molecule has 328 valence electrons. The zero-order valence-corrected chi connectivity index (χ0v) is 37.3. The Morgan fingerprint density at radius 2 is 0.707 bits per heavy atom. The lowest BCUT2D eigenvalue weighted by atomic mass is 10.0. The lowest BCUT2D eigenvalue weighted by Gasteiger charge is -2.18. The van der Waals surface area contributed by atoms with E-state index >= 15 is 0 Å². The van der Waals surface area contributed by atoms with E-state index in [2.05, 4.69) is 106 Å². The molecule has 0 bridgehead atoms. The maximum Gasteiger partial charge on any atom is 0.306 e. The molecule has 0 aliphatic carbocycles. The van der Waals surface area contributed by atoms with E-state index in [0.717, 1.165) is 89.9 Å². The third-order valence-electron chi connectivity index (χ3n) is 9.35. The Morgan fingerprint density at radius 1 is 0.362 bits per heavy atom. The van der Waals surface area contributed by atoms with Gasteiger partial charge in [-0.25, -0.2) is 0 Å². The molecular formula is C52H84O6. The quantitative estimate of drug-likeness (QED) is 0.0266. The predicted molar refractivity (Wildman–Crippen MR) is 247 cm³/mol. The van der Waals surface area contributed by atoms with Crippen molar-refractivity contribution in [3.05, 3.63) is 97.2 Å². The fourth-order valence-electron chi connectivity index (χ4n) is 5.92. The molecule has 0 aliphatic heterocycles. The van der Waals surface area contributed by atoms with Crippen LogP contribution in [-0.4, -0.2) is 37.2 Å². The molecule has 0 aromatic rings. The molecule has 0 radical (unpaired) electrons. The van der Waals surface area contributed by atoms with Crippen molar-refractivity contribution in [1.29, 1.82) is 0 Å². The summed E-state index contributed by atoms with van der Waals surface area (Å²) >= 11 is 0. The highest BCUT2D eigenvalue weighted by atomic mass is 16.6. The van der Waals surface area contributed by atoms with Gasteiger partial charge in [-0.15, -0.1) is 0 Å². The second-order valence-electron chi connectivity index (χ2n) is 14.9. The van der Waals surface area contributed by atoms with Crippen molar-refractivity contribution in [2.45, 2.75) is 200 Å². The minimum atomic E-state index is -0.817. The minimum Gasteiger partial charge on any atom is -0.462 e. The SMILES string of the molecule is CC/C=C\C/C=C\C/C=C\C/C=C\C/C=C\C/C=C\CCC(=O)OCC(COC(=O)CCCC/C=C\C/C=C\CC)OC(=O)CCCCCCCCCCCCCC. The van der Waals surface area contributed by atoms with Crippen LogP contribution in [0, 0.1) is 0 Å². The second kappa shape index (κ2) is 46.0. The maximum atomic E-state index is 12.7. The molecule has 1 atom stereocenters. The number of hydrogen-bond donors (Lipinski definition) is 0. The van der Waals surface area contributed by atoms with Crippen LogP contribution in [0.4, 0.5) is 0 Å². The highest BCUT2D eigenvalue weighted by Crippen LogP contribution is 2.13. The van der Waals surface area contributed by atoms with Crippen LogP contribution >= 0.6 is 0 Å². The van der Waals surface area contributed by atoms with Crippen molar-refractivity contribution >= 4 is 17.9 Å². The molecule has 0 rings (SSSR count). The van der Waals surface area contributed by atoms with E-state index in [4.69, 9.17) is 14.2 Å². The highest BCUT2D eigenvalue weighted by molar-refractivity contribution is 5.71. The van der Waals surface area contributed by atoms with Gasteiger partial charge in [-0.3, -0.25) is 14.4 Å². The first-order valence-corrected chi connectivity index (χ1v) is 23.2. The van der Waals surface area contributed by atoms with E-state index in [1.165, 1.54) is 57.8 Å². The highest BCUT2D eigenvalue weighted by Gasteiger charge is 2.19. The first-order chi connectivity index (χ1) is 28.5. The van der Waals surface area contributed by atoms with Gasteiger partial charge in [0, 0.05) is 19.3 Å². The van der Waals surface area contributed by atoms with Crippen LogP contribution in [0.2, 0.25) is 0 Å². The molecule has 0 aromatic carbocycles. The molecule has 6 nitrogen and oxygen atoms in total. The number of carbonyl (C=O) groups excluding carboxylic acids is 3. The van der Waals surface area contributed by atoms with Crippen LogP contribution in [0.3, 0.4) is 0 Å². The third kappa shape index (κ3) is 43.5. The normalized spacial score (nSPS) is 12.9. The average Bonchev–Trinajstić information content (AvgIpc) is 3.22. The molecular weight excluding hydrogens is 721 g/mol. The molecule has 0 fully saturated rings. The monoisotopic (exact) mass is 805 g/mol. The van der Waals surface area contributed by atoms with Crippen molar-refractivity contribution in [2.24, 2.45) is 0 Å². The molecule has 0 amide bonds. The van der Waals surface area contributed by atoms with Gasteiger partial charge in [0.1, 0.15) is 13.2 Å². The molecule has 0 saturated heterocycles. The van der Waals surface area contributed by atoms with Gasteiger partial charge in [0.25, 0.3) is 0 Å². The van der Waals surface area contributed by atoms with Crippen LogP contribution in [0.15, 0.2) is 97.2 Å². The summed E-state index contributed by atoms with van der Waals surface area (Å²) in [5.41, 5.74) is 0. The summed E-state index contributed by atoms with van der Waals surface area (Å²) in [7, 11) is 0. The summed E-state index contributed by atoms with van der Waals surface area (Å²) in [6.07, 6.45) is 59.9. The summed E-state index contributed by atoms with van der Waals surface area (Å²) in [6.45, 7) is 6.27. The topological polar surface area (TPSA) is 78.9 Å². The number of hydrogen-bond acceptors (Lipinski definition) is 6. The number of carbonyl (C=O) groups is 3. The Morgan fingerprint density at radius 3 is 1.16 bits per heavy atom. The molecule has 0 N–H and O–H groups in total. The minimum absolute atomic E-state index is 0.118. The molecule has 0 aliphatic rings.